The Morgan fingerprint density at radius 3 is 2.28 bits per heavy atom. The molecule has 0 radical (unpaired) electrons. The van der Waals surface area contributed by atoms with Crippen molar-refractivity contribution in [2.45, 2.75) is 0 Å². The van der Waals surface area contributed by atoms with E-state index < -0.39 is 5.91 Å². The molecule has 0 fully saturated rings. The van der Waals surface area contributed by atoms with Gasteiger partial charge in [-0.1, -0.05) is 23.5 Å². The molecule has 0 aliphatic carbocycles. The average Bonchev–Trinajstić information content (AvgIpc) is 2.96. The summed E-state index contributed by atoms with van der Waals surface area (Å²) in [4.78, 5) is 17.6. The highest BCUT2D eigenvalue weighted by atomic mass is 32.1. The topological polar surface area (TPSA) is 62.0 Å². The summed E-state index contributed by atoms with van der Waals surface area (Å²) in [6.07, 6.45) is 0. The minimum atomic E-state index is -0.403. The summed E-state index contributed by atoms with van der Waals surface area (Å²) in [7, 11) is 6.43. The predicted octanol–water partition coefficient (Wildman–Crippen LogP) is 3.01. The van der Waals surface area contributed by atoms with Crippen LogP contribution in [0, 0.1) is 0 Å². The fourth-order valence-corrected chi connectivity index (χ4v) is 3.55. The zero-order chi connectivity index (χ0) is 18.0. The molecule has 0 N–H and O–H groups in total. The van der Waals surface area contributed by atoms with E-state index in [4.69, 9.17) is 14.2 Å². The van der Waals surface area contributed by atoms with Crippen molar-refractivity contribution in [3.63, 3.8) is 0 Å². The van der Waals surface area contributed by atoms with Crippen molar-refractivity contribution in [3.05, 3.63) is 46.8 Å². The molecule has 0 atom stereocenters. The quantitative estimate of drug-likeness (QED) is 0.719. The number of ether oxygens (including phenoxy) is 3. The molecule has 0 aliphatic heterocycles. The number of nitrogens with zero attached hydrogens (tertiary/aromatic N) is 2. The van der Waals surface area contributed by atoms with Crippen LogP contribution in [-0.2, 0) is 7.05 Å². The summed E-state index contributed by atoms with van der Waals surface area (Å²) in [6.45, 7) is 0. The van der Waals surface area contributed by atoms with Crippen LogP contribution in [0.3, 0.4) is 0 Å². The van der Waals surface area contributed by atoms with Gasteiger partial charge in [0.25, 0.3) is 5.91 Å². The number of carbonyl (C=O) groups excluding carboxylic acids is 1. The zero-order valence-corrected chi connectivity index (χ0v) is 15.2. The summed E-state index contributed by atoms with van der Waals surface area (Å²) >= 11 is 1.46. The highest BCUT2D eigenvalue weighted by Crippen LogP contribution is 2.34. The van der Waals surface area contributed by atoms with Crippen LogP contribution in [0.5, 0.6) is 17.2 Å². The molecule has 0 saturated heterocycles. The monoisotopic (exact) mass is 358 g/mol. The van der Waals surface area contributed by atoms with Crippen LogP contribution < -0.4 is 19.0 Å². The van der Waals surface area contributed by atoms with Crippen molar-refractivity contribution in [1.29, 1.82) is 0 Å². The lowest BCUT2D eigenvalue weighted by atomic mass is 10.1. The fraction of sp³-hybridized carbons (Fsp3) is 0.222. The molecule has 2 aromatic carbocycles. The maximum Gasteiger partial charge on any atom is 0.283 e. The third kappa shape index (κ3) is 3.10. The van der Waals surface area contributed by atoms with E-state index in [1.54, 1.807) is 12.1 Å². The molecule has 0 aliphatic rings. The second-order valence-corrected chi connectivity index (χ2v) is 6.24. The smallest absolute Gasteiger partial charge is 0.283 e. The van der Waals surface area contributed by atoms with Crippen LogP contribution in [0.15, 0.2) is 41.4 Å². The Labute approximate surface area is 148 Å². The molecule has 1 amide bonds. The first kappa shape index (κ1) is 17.0. The molecule has 3 aromatic rings. The van der Waals surface area contributed by atoms with Gasteiger partial charge in [-0.2, -0.15) is 4.99 Å². The molecule has 0 unspecified atom stereocenters. The molecule has 25 heavy (non-hydrogen) atoms. The predicted molar refractivity (Wildman–Crippen MR) is 96.8 cm³/mol. The van der Waals surface area contributed by atoms with Crippen LogP contribution in [0.4, 0.5) is 0 Å². The lowest BCUT2D eigenvalue weighted by molar-refractivity contribution is 0.0994. The van der Waals surface area contributed by atoms with Crippen molar-refractivity contribution in [1.82, 2.24) is 4.57 Å². The number of para-hydroxylation sites is 1. The van der Waals surface area contributed by atoms with Crippen molar-refractivity contribution in [3.8, 4) is 17.2 Å². The Hall–Kier alpha value is -2.80. The highest BCUT2D eigenvalue weighted by Gasteiger charge is 2.17. The number of methoxy groups -OCH3 is 3. The zero-order valence-electron chi connectivity index (χ0n) is 14.4. The number of thiazole rings is 1. The Balaban J connectivity index is 2.12. The van der Waals surface area contributed by atoms with E-state index in [1.807, 2.05) is 35.9 Å². The van der Waals surface area contributed by atoms with E-state index in [0.717, 1.165) is 10.2 Å². The first-order chi connectivity index (χ1) is 12.1. The molecule has 0 bridgehead atoms. The first-order valence-corrected chi connectivity index (χ1v) is 8.34. The van der Waals surface area contributed by atoms with Gasteiger partial charge in [-0.05, 0) is 12.1 Å². The van der Waals surface area contributed by atoms with Crippen LogP contribution >= 0.6 is 11.3 Å². The van der Waals surface area contributed by atoms with Gasteiger partial charge in [0.1, 0.15) is 5.75 Å². The largest absolute Gasteiger partial charge is 0.496 e. The lowest BCUT2D eigenvalue weighted by Gasteiger charge is -2.12. The first-order valence-electron chi connectivity index (χ1n) is 7.52. The molecule has 7 heteroatoms. The number of aryl methyl sites for hydroxylation is 1. The summed E-state index contributed by atoms with van der Waals surface area (Å²) in [5.74, 6) is 0.918. The lowest BCUT2D eigenvalue weighted by Crippen LogP contribution is -2.13. The second-order valence-electron chi connectivity index (χ2n) is 5.24. The van der Waals surface area contributed by atoms with Crippen molar-refractivity contribution >= 4 is 27.5 Å². The Morgan fingerprint density at radius 2 is 1.64 bits per heavy atom. The van der Waals surface area contributed by atoms with Crippen molar-refractivity contribution < 1.29 is 19.0 Å². The van der Waals surface area contributed by atoms with Crippen LogP contribution in [0.1, 0.15) is 10.4 Å². The fourth-order valence-electron chi connectivity index (χ4n) is 2.53. The third-order valence-corrected chi connectivity index (χ3v) is 4.96. The standard InChI is InChI=1S/C18H18N2O4S/c1-20-12-7-5-6-8-16(12)25-18(20)19-17(21)11-9-14(23-3)15(24-4)10-13(11)22-2/h5-10H,1-4H3. The Morgan fingerprint density at radius 1 is 1.00 bits per heavy atom. The number of benzene rings is 2. The SMILES string of the molecule is COc1cc(OC)c(C(=O)N=c2sc3ccccc3n2C)cc1OC. The summed E-state index contributed by atoms with van der Waals surface area (Å²) in [5.41, 5.74) is 1.34. The molecule has 1 heterocycles. The van der Waals surface area contributed by atoms with Gasteiger partial charge in [-0.25, -0.2) is 0 Å². The number of hydrogen-bond donors (Lipinski definition) is 0. The number of rotatable bonds is 4. The van der Waals surface area contributed by atoms with Gasteiger partial charge in [0.2, 0.25) is 0 Å². The molecule has 130 valence electrons. The van der Waals surface area contributed by atoms with Gasteiger partial charge >= 0.3 is 0 Å². The maximum absolute atomic E-state index is 12.7. The van der Waals surface area contributed by atoms with Crippen LogP contribution in [-0.4, -0.2) is 31.8 Å². The van der Waals surface area contributed by atoms with Crippen LogP contribution in [0.2, 0.25) is 0 Å². The van der Waals surface area contributed by atoms with E-state index in [1.165, 1.54) is 32.7 Å². The van der Waals surface area contributed by atoms with E-state index >= 15 is 0 Å². The summed E-state index contributed by atoms with van der Waals surface area (Å²) < 4.78 is 18.8. The summed E-state index contributed by atoms with van der Waals surface area (Å²) in [6, 6.07) is 11.1. The van der Waals surface area contributed by atoms with Crippen molar-refractivity contribution in [2.75, 3.05) is 21.3 Å². The maximum atomic E-state index is 12.7. The van der Waals surface area contributed by atoms with Gasteiger partial charge in [0.15, 0.2) is 16.3 Å². The van der Waals surface area contributed by atoms with Crippen LogP contribution in [0.25, 0.3) is 10.2 Å². The molecular formula is C18H18N2O4S. The number of fused-ring (bicyclic) bond motifs is 1. The second kappa shape index (κ2) is 6.98. The molecular weight excluding hydrogens is 340 g/mol. The van der Waals surface area contributed by atoms with E-state index in [9.17, 15) is 4.79 Å². The molecule has 1 aromatic heterocycles. The Bertz CT molecular complexity index is 1000. The Kier molecular flexibility index (Phi) is 4.76. The van der Waals surface area contributed by atoms with Gasteiger partial charge in [-0.15, -0.1) is 0 Å². The average molecular weight is 358 g/mol. The number of aromatic nitrogens is 1. The van der Waals surface area contributed by atoms with Gasteiger partial charge in [0, 0.05) is 19.2 Å². The summed E-state index contributed by atoms with van der Waals surface area (Å²) in [5, 5.41) is 0. The van der Waals surface area contributed by atoms with E-state index in [0.29, 0.717) is 27.6 Å². The number of carbonyl (C=O) groups is 1. The van der Waals surface area contributed by atoms with Gasteiger partial charge in [-0.3, -0.25) is 4.79 Å². The van der Waals surface area contributed by atoms with E-state index in [2.05, 4.69) is 4.99 Å². The minimum Gasteiger partial charge on any atom is -0.496 e. The highest BCUT2D eigenvalue weighted by molar-refractivity contribution is 7.16. The molecule has 0 saturated carbocycles. The molecule has 3 rings (SSSR count). The number of amides is 1. The number of hydrogen-bond acceptors (Lipinski definition) is 5. The van der Waals surface area contributed by atoms with Crippen molar-refractivity contribution in [2.24, 2.45) is 12.0 Å². The minimum absolute atomic E-state index is 0.317. The van der Waals surface area contributed by atoms with Gasteiger partial charge in [0.05, 0.1) is 37.1 Å². The van der Waals surface area contributed by atoms with Gasteiger partial charge < -0.3 is 18.8 Å². The molecule has 0 spiro atoms. The molecule has 6 nitrogen and oxygen atoms in total. The van der Waals surface area contributed by atoms with E-state index in [-0.39, 0.29) is 0 Å². The third-order valence-electron chi connectivity index (χ3n) is 3.85. The normalized spacial score (nSPS) is 11.6.